The van der Waals surface area contributed by atoms with Gasteiger partial charge in [-0.1, -0.05) is 37.3 Å². The highest BCUT2D eigenvalue weighted by atomic mass is 16.3. The van der Waals surface area contributed by atoms with Crippen LogP contribution in [0.5, 0.6) is 0 Å². The average molecular weight is 233 g/mol. The van der Waals surface area contributed by atoms with Crippen LogP contribution in [0.3, 0.4) is 0 Å². The molecule has 0 heterocycles. The van der Waals surface area contributed by atoms with E-state index in [1.807, 2.05) is 0 Å². The quantitative estimate of drug-likeness (QED) is 0.838. The predicted molar refractivity (Wildman–Crippen MR) is 71.1 cm³/mol. The topological polar surface area (TPSA) is 32.3 Å². The Morgan fingerprint density at radius 3 is 2.47 bits per heavy atom. The van der Waals surface area contributed by atoms with E-state index in [0.29, 0.717) is 12.0 Å². The third kappa shape index (κ3) is 3.83. The molecule has 2 nitrogen and oxygen atoms in total. The third-order valence-corrected chi connectivity index (χ3v) is 3.78. The van der Waals surface area contributed by atoms with Crippen molar-refractivity contribution < 1.29 is 5.11 Å². The molecule has 1 aliphatic rings. The van der Waals surface area contributed by atoms with Gasteiger partial charge in [-0.15, -0.1) is 0 Å². The highest BCUT2D eigenvalue weighted by Gasteiger charge is 2.19. The van der Waals surface area contributed by atoms with Crippen molar-refractivity contribution in [3.05, 3.63) is 35.9 Å². The minimum atomic E-state index is -0.0559. The van der Waals surface area contributed by atoms with Gasteiger partial charge >= 0.3 is 0 Å². The molecule has 0 aromatic heterocycles. The summed E-state index contributed by atoms with van der Waals surface area (Å²) in [6.45, 7) is 3.30. The van der Waals surface area contributed by atoms with Gasteiger partial charge < -0.3 is 10.4 Å². The Bertz CT molecular complexity index is 317. The summed E-state index contributed by atoms with van der Waals surface area (Å²) in [5, 5.41) is 13.1. The lowest BCUT2D eigenvalue weighted by Crippen LogP contribution is -2.36. The van der Waals surface area contributed by atoms with Crippen molar-refractivity contribution in [1.82, 2.24) is 5.32 Å². The first-order chi connectivity index (χ1) is 8.25. The van der Waals surface area contributed by atoms with Crippen LogP contribution in [-0.2, 0) is 0 Å². The summed E-state index contributed by atoms with van der Waals surface area (Å²) in [7, 11) is 0. The number of benzene rings is 1. The zero-order valence-electron chi connectivity index (χ0n) is 10.6. The molecule has 1 fully saturated rings. The largest absolute Gasteiger partial charge is 0.393 e. The van der Waals surface area contributed by atoms with E-state index in [-0.39, 0.29) is 6.10 Å². The van der Waals surface area contributed by atoms with Gasteiger partial charge in [0, 0.05) is 12.6 Å². The van der Waals surface area contributed by atoms with Gasteiger partial charge in [0.2, 0.25) is 0 Å². The smallest absolute Gasteiger partial charge is 0.0541 e. The number of hydrogen-bond acceptors (Lipinski definition) is 2. The molecule has 2 rings (SSSR count). The average Bonchev–Trinajstić information content (AvgIpc) is 2.39. The van der Waals surface area contributed by atoms with Crippen molar-refractivity contribution in [1.29, 1.82) is 0 Å². The zero-order valence-corrected chi connectivity index (χ0v) is 10.6. The Morgan fingerprint density at radius 1 is 1.18 bits per heavy atom. The van der Waals surface area contributed by atoms with Crippen LogP contribution in [0.15, 0.2) is 30.3 Å². The predicted octanol–water partition coefficient (Wildman–Crippen LogP) is 2.68. The van der Waals surface area contributed by atoms with E-state index in [1.54, 1.807) is 0 Å². The summed E-state index contributed by atoms with van der Waals surface area (Å²) in [6.07, 6.45) is 4.08. The second-order valence-corrected chi connectivity index (χ2v) is 5.23. The van der Waals surface area contributed by atoms with Gasteiger partial charge in [-0.05, 0) is 37.2 Å². The van der Waals surface area contributed by atoms with Crippen LogP contribution >= 0.6 is 0 Å². The molecule has 1 aliphatic carbocycles. The van der Waals surface area contributed by atoms with Crippen LogP contribution in [0.1, 0.15) is 44.1 Å². The van der Waals surface area contributed by atoms with Gasteiger partial charge in [0.15, 0.2) is 0 Å². The first-order valence-electron chi connectivity index (χ1n) is 6.72. The molecule has 0 amide bonds. The second-order valence-electron chi connectivity index (χ2n) is 5.23. The van der Waals surface area contributed by atoms with Crippen molar-refractivity contribution in [3.63, 3.8) is 0 Å². The van der Waals surface area contributed by atoms with Crippen molar-refractivity contribution in [3.8, 4) is 0 Å². The number of aliphatic hydroxyl groups excluding tert-OH is 1. The number of hydrogen-bond donors (Lipinski definition) is 2. The minimum absolute atomic E-state index is 0.0559. The Morgan fingerprint density at radius 2 is 1.82 bits per heavy atom. The molecule has 0 radical (unpaired) electrons. The highest BCUT2D eigenvalue weighted by Crippen LogP contribution is 2.19. The van der Waals surface area contributed by atoms with Crippen molar-refractivity contribution >= 4 is 0 Å². The Kier molecular flexibility index (Phi) is 4.57. The van der Waals surface area contributed by atoms with Crippen LogP contribution in [0.2, 0.25) is 0 Å². The summed E-state index contributed by atoms with van der Waals surface area (Å²) in [5.41, 5.74) is 1.40. The van der Waals surface area contributed by atoms with Gasteiger partial charge in [0.05, 0.1) is 6.10 Å². The molecule has 0 spiro atoms. The summed E-state index contributed by atoms with van der Waals surface area (Å²) >= 11 is 0. The van der Waals surface area contributed by atoms with Gasteiger partial charge in [-0.3, -0.25) is 0 Å². The summed E-state index contributed by atoms with van der Waals surface area (Å²) in [5.74, 6) is 0.558. The van der Waals surface area contributed by atoms with E-state index in [9.17, 15) is 5.11 Å². The van der Waals surface area contributed by atoms with E-state index >= 15 is 0 Å². The number of rotatable bonds is 4. The zero-order chi connectivity index (χ0) is 12.1. The fourth-order valence-corrected chi connectivity index (χ4v) is 2.52. The van der Waals surface area contributed by atoms with Crippen molar-refractivity contribution in [2.45, 2.75) is 50.7 Å². The normalized spacial score (nSPS) is 26.7. The molecular weight excluding hydrogens is 210 g/mol. The standard InChI is InChI=1S/C15H23NO/c1-12(13-5-3-2-4-6-13)11-16-14-7-9-15(17)10-8-14/h2-6,12,14-17H,7-11H2,1H3. The molecule has 1 atom stereocenters. The summed E-state index contributed by atoms with van der Waals surface area (Å²) in [4.78, 5) is 0. The van der Waals surface area contributed by atoms with E-state index < -0.39 is 0 Å². The first-order valence-corrected chi connectivity index (χ1v) is 6.72. The second kappa shape index (κ2) is 6.18. The minimum Gasteiger partial charge on any atom is -0.393 e. The molecule has 17 heavy (non-hydrogen) atoms. The van der Waals surface area contributed by atoms with Crippen LogP contribution in [0.4, 0.5) is 0 Å². The molecule has 0 aliphatic heterocycles. The van der Waals surface area contributed by atoms with Gasteiger partial charge in [-0.2, -0.15) is 0 Å². The van der Waals surface area contributed by atoms with Gasteiger partial charge in [-0.25, -0.2) is 0 Å². The maximum Gasteiger partial charge on any atom is 0.0541 e. The van der Waals surface area contributed by atoms with Gasteiger partial charge in [0.1, 0.15) is 0 Å². The molecule has 94 valence electrons. The highest BCUT2D eigenvalue weighted by molar-refractivity contribution is 5.18. The monoisotopic (exact) mass is 233 g/mol. The molecule has 2 N–H and O–H groups in total. The molecule has 1 aromatic rings. The maximum absolute atomic E-state index is 9.45. The Labute approximate surface area is 104 Å². The van der Waals surface area contributed by atoms with E-state index in [4.69, 9.17) is 0 Å². The van der Waals surface area contributed by atoms with Crippen LogP contribution in [0.25, 0.3) is 0 Å². The Balaban J connectivity index is 1.75. The SMILES string of the molecule is CC(CNC1CCC(O)CC1)c1ccccc1. The maximum atomic E-state index is 9.45. The molecule has 2 heteroatoms. The van der Waals surface area contributed by atoms with Crippen LogP contribution in [-0.4, -0.2) is 23.8 Å². The van der Waals surface area contributed by atoms with Crippen molar-refractivity contribution in [2.75, 3.05) is 6.54 Å². The number of aliphatic hydroxyl groups is 1. The summed E-state index contributed by atoms with van der Waals surface area (Å²) in [6, 6.07) is 11.2. The first kappa shape index (κ1) is 12.6. The summed E-state index contributed by atoms with van der Waals surface area (Å²) < 4.78 is 0. The molecule has 1 saturated carbocycles. The van der Waals surface area contributed by atoms with Crippen molar-refractivity contribution in [2.24, 2.45) is 0 Å². The molecule has 0 saturated heterocycles. The molecule has 0 bridgehead atoms. The third-order valence-electron chi connectivity index (χ3n) is 3.78. The fourth-order valence-electron chi connectivity index (χ4n) is 2.52. The van der Waals surface area contributed by atoms with Crippen LogP contribution in [0, 0.1) is 0 Å². The molecule has 1 aromatic carbocycles. The molecular formula is C15H23NO. The lowest BCUT2D eigenvalue weighted by molar-refractivity contribution is 0.116. The number of nitrogens with one attached hydrogen (secondary N) is 1. The van der Waals surface area contributed by atoms with Crippen LogP contribution < -0.4 is 5.32 Å². The van der Waals surface area contributed by atoms with E-state index in [2.05, 4.69) is 42.6 Å². The lowest BCUT2D eigenvalue weighted by atomic mass is 9.92. The Hall–Kier alpha value is -0.860. The lowest BCUT2D eigenvalue weighted by Gasteiger charge is -2.27. The molecule has 1 unspecified atom stereocenters. The fraction of sp³-hybridized carbons (Fsp3) is 0.600. The van der Waals surface area contributed by atoms with E-state index in [0.717, 1.165) is 32.2 Å². The van der Waals surface area contributed by atoms with E-state index in [1.165, 1.54) is 5.56 Å². The van der Waals surface area contributed by atoms with Gasteiger partial charge in [0.25, 0.3) is 0 Å².